The van der Waals surface area contributed by atoms with Crippen LogP contribution in [-0.2, 0) is 24.5 Å². The largest absolute Gasteiger partial charge is 0.477 e. The van der Waals surface area contributed by atoms with Gasteiger partial charge in [0.2, 0.25) is 5.88 Å². The second-order valence-electron chi connectivity index (χ2n) is 9.07. The molecule has 0 atom stereocenters. The third kappa shape index (κ3) is 2.93. The van der Waals surface area contributed by atoms with Crippen molar-refractivity contribution in [1.29, 1.82) is 0 Å². The lowest BCUT2D eigenvalue weighted by molar-refractivity contribution is -0.127. The van der Waals surface area contributed by atoms with Crippen LogP contribution in [0.3, 0.4) is 0 Å². The molecule has 1 aliphatic heterocycles. The lowest BCUT2D eigenvalue weighted by Crippen LogP contribution is -2.69. The van der Waals surface area contributed by atoms with E-state index in [0.717, 1.165) is 52.9 Å². The second kappa shape index (κ2) is 7.13. The first-order chi connectivity index (χ1) is 15.6. The van der Waals surface area contributed by atoms with Crippen molar-refractivity contribution < 1.29 is 14.3 Å². The number of pyridine rings is 1. The molecule has 3 aliphatic carbocycles. The van der Waals surface area contributed by atoms with Crippen molar-refractivity contribution in [3.63, 3.8) is 0 Å². The van der Waals surface area contributed by atoms with Gasteiger partial charge in [-0.15, -0.1) is 5.10 Å². The van der Waals surface area contributed by atoms with E-state index in [0.29, 0.717) is 43.6 Å². The number of hydrogen-bond acceptors (Lipinski definition) is 7. The molecule has 3 heterocycles. The van der Waals surface area contributed by atoms with Crippen LogP contribution in [0.25, 0.3) is 10.9 Å². The summed E-state index contributed by atoms with van der Waals surface area (Å²) in [6.07, 6.45) is 3.20. The Morgan fingerprint density at radius 1 is 1.19 bits per heavy atom. The number of nitrogens with zero attached hydrogens (tertiary/aromatic N) is 4. The van der Waals surface area contributed by atoms with Gasteiger partial charge in [0.05, 0.1) is 37.6 Å². The Morgan fingerprint density at radius 3 is 2.69 bits per heavy atom. The molecule has 2 bridgehead atoms. The van der Waals surface area contributed by atoms with Crippen molar-refractivity contribution in [1.82, 2.24) is 20.1 Å². The molecule has 3 fully saturated rings. The zero-order valence-electron chi connectivity index (χ0n) is 18.0. The maximum atomic E-state index is 13.8. The van der Waals surface area contributed by atoms with E-state index in [9.17, 15) is 4.79 Å². The van der Waals surface area contributed by atoms with Crippen LogP contribution in [0.4, 0.5) is 5.82 Å². The Kier molecular flexibility index (Phi) is 4.33. The van der Waals surface area contributed by atoms with E-state index in [2.05, 4.69) is 15.2 Å². The van der Waals surface area contributed by atoms with Crippen LogP contribution in [-0.4, -0.2) is 38.1 Å². The van der Waals surface area contributed by atoms with Gasteiger partial charge in [-0.05, 0) is 61.9 Å². The van der Waals surface area contributed by atoms with E-state index in [-0.39, 0.29) is 11.4 Å². The lowest BCUT2D eigenvalue weighted by Gasteiger charge is -2.66. The van der Waals surface area contributed by atoms with Gasteiger partial charge >= 0.3 is 0 Å². The second-order valence-corrected chi connectivity index (χ2v) is 9.07. The fourth-order valence-corrected chi connectivity index (χ4v) is 5.30. The molecule has 3 aromatic rings. The minimum Gasteiger partial charge on any atom is -0.477 e. The van der Waals surface area contributed by atoms with Crippen LogP contribution in [0.5, 0.6) is 5.88 Å². The van der Waals surface area contributed by atoms with Gasteiger partial charge < -0.3 is 20.1 Å². The molecule has 0 unspecified atom stereocenters. The standard InChI is InChI=1S/C24H25N5O3/c1-2-32-21-6-4-16(27-28-21)11-29(24-8-14(9-24)10-24)23(30)15-3-5-20-17(7-15)18-12-31-13-19(18)22(25)26-20/h3-7,14H,2,8-13H2,1H3,(H2,25,26). The normalized spacial score (nSPS) is 22.7. The number of nitrogens with two attached hydrogens (primary N) is 1. The zero-order chi connectivity index (χ0) is 21.9. The molecule has 4 aliphatic rings. The van der Waals surface area contributed by atoms with E-state index in [1.165, 1.54) is 0 Å². The van der Waals surface area contributed by atoms with Crippen LogP contribution in [0, 0.1) is 5.92 Å². The Bertz CT molecular complexity index is 1210. The summed E-state index contributed by atoms with van der Waals surface area (Å²) in [5.41, 5.74) is 10.2. The average molecular weight is 431 g/mol. The van der Waals surface area contributed by atoms with Gasteiger partial charge in [-0.3, -0.25) is 4.79 Å². The first kappa shape index (κ1) is 19.4. The van der Waals surface area contributed by atoms with Gasteiger partial charge in [0.1, 0.15) is 5.82 Å². The SMILES string of the molecule is CCOc1ccc(CN(C(=O)c2ccc3nc(N)c4c(c3c2)COC4)C23CC(C2)C3)nn1. The fraction of sp³-hybridized carbons (Fsp3) is 0.417. The number of anilines is 1. The molecule has 32 heavy (non-hydrogen) atoms. The molecule has 8 nitrogen and oxygen atoms in total. The minimum absolute atomic E-state index is 0.0187. The molecule has 0 saturated heterocycles. The quantitative estimate of drug-likeness (QED) is 0.639. The molecule has 1 aromatic carbocycles. The number of nitrogen functional groups attached to an aromatic ring is 1. The average Bonchev–Trinajstić information content (AvgIpc) is 3.23. The number of benzene rings is 1. The monoisotopic (exact) mass is 431 g/mol. The van der Waals surface area contributed by atoms with Crippen molar-refractivity contribution in [2.24, 2.45) is 5.92 Å². The highest BCUT2D eigenvalue weighted by atomic mass is 16.5. The molecule has 2 aromatic heterocycles. The van der Waals surface area contributed by atoms with Gasteiger partial charge in [-0.25, -0.2) is 4.98 Å². The summed E-state index contributed by atoms with van der Waals surface area (Å²) in [5, 5.41) is 9.38. The summed E-state index contributed by atoms with van der Waals surface area (Å²) in [5.74, 6) is 1.77. The Hall–Kier alpha value is -3.26. The van der Waals surface area contributed by atoms with Crippen molar-refractivity contribution >= 4 is 22.6 Å². The highest BCUT2D eigenvalue weighted by molar-refractivity contribution is 5.99. The number of rotatable bonds is 6. The number of ether oxygens (including phenoxy) is 2. The van der Waals surface area contributed by atoms with Crippen LogP contribution in [0.2, 0.25) is 0 Å². The zero-order valence-corrected chi connectivity index (χ0v) is 18.0. The number of hydrogen-bond donors (Lipinski definition) is 1. The molecule has 7 rings (SSSR count). The topological polar surface area (TPSA) is 103 Å². The van der Waals surface area contributed by atoms with Crippen molar-refractivity contribution in [3.8, 4) is 5.88 Å². The third-order valence-corrected chi connectivity index (χ3v) is 7.11. The lowest BCUT2D eigenvalue weighted by atomic mass is 9.49. The number of carbonyl (C=O) groups excluding carboxylic acids is 1. The third-order valence-electron chi connectivity index (χ3n) is 7.11. The van der Waals surface area contributed by atoms with Crippen molar-refractivity contribution in [3.05, 3.63) is 52.7 Å². The van der Waals surface area contributed by atoms with Gasteiger partial charge in [0.25, 0.3) is 5.91 Å². The highest BCUT2D eigenvalue weighted by Crippen LogP contribution is 2.61. The number of aromatic nitrogens is 3. The van der Waals surface area contributed by atoms with Crippen LogP contribution >= 0.6 is 0 Å². The first-order valence-electron chi connectivity index (χ1n) is 11.1. The molecule has 0 radical (unpaired) electrons. The molecule has 3 saturated carbocycles. The van der Waals surface area contributed by atoms with Crippen LogP contribution in [0.1, 0.15) is 53.4 Å². The smallest absolute Gasteiger partial charge is 0.254 e. The molecule has 8 heteroatoms. The first-order valence-corrected chi connectivity index (χ1v) is 11.1. The molecule has 2 N–H and O–H groups in total. The predicted molar refractivity (Wildman–Crippen MR) is 118 cm³/mol. The van der Waals surface area contributed by atoms with E-state index < -0.39 is 0 Å². The fourth-order valence-electron chi connectivity index (χ4n) is 5.30. The molecule has 164 valence electrons. The van der Waals surface area contributed by atoms with E-state index in [1.807, 2.05) is 42.2 Å². The number of carbonyl (C=O) groups is 1. The summed E-state index contributed by atoms with van der Waals surface area (Å²) in [6, 6.07) is 9.38. The summed E-state index contributed by atoms with van der Waals surface area (Å²) in [6.45, 7) is 3.85. The summed E-state index contributed by atoms with van der Waals surface area (Å²) >= 11 is 0. The number of fused-ring (bicyclic) bond motifs is 3. The van der Waals surface area contributed by atoms with Crippen LogP contribution < -0.4 is 10.5 Å². The van der Waals surface area contributed by atoms with Gasteiger partial charge in [0.15, 0.2) is 0 Å². The van der Waals surface area contributed by atoms with Crippen molar-refractivity contribution in [2.75, 3.05) is 12.3 Å². The Balaban J connectivity index is 1.34. The number of amides is 1. The summed E-state index contributed by atoms with van der Waals surface area (Å²) < 4.78 is 11.0. The van der Waals surface area contributed by atoms with Gasteiger partial charge in [-0.1, -0.05) is 0 Å². The predicted octanol–water partition coefficient (Wildman–Crippen LogP) is 3.23. The molecule has 0 spiro atoms. The Morgan fingerprint density at radius 2 is 2.00 bits per heavy atom. The Labute approximate surface area is 185 Å². The minimum atomic E-state index is -0.0542. The molecular formula is C24H25N5O3. The maximum Gasteiger partial charge on any atom is 0.254 e. The highest BCUT2D eigenvalue weighted by Gasteiger charge is 2.61. The summed E-state index contributed by atoms with van der Waals surface area (Å²) in [7, 11) is 0. The molecule has 1 amide bonds. The summed E-state index contributed by atoms with van der Waals surface area (Å²) in [4.78, 5) is 20.3. The van der Waals surface area contributed by atoms with E-state index in [4.69, 9.17) is 15.2 Å². The van der Waals surface area contributed by atoms with E-state index in [1.54, 1.807) is 0 Å². The van der Waals surface area contributed by atoms with Gasteiger partial charge in [0, 0.05) is 28.1 Å². The van der Waals surface area contributed by atoms with E-state index >= 15 is 0 Å². The maximum absolute atomic E-state index is 13.8. The molecular weight excluding hydrogens is 406 g/mol. The van der Waals surface area contributed by atoms with Crippen LogP contribution in [0.15, 0.2) is 30.3 Å². The van der Waals surface area contributed by atoms with Crippen molar-refractivity contribution in [2.45, 2.75) is 51.5 Å². The van der Waals surface area contributed by atoms with Gasteiger partial charge in [-0.2, -0.15) is 5.10 Å².